The Labute approximate surface area is 194 Å². The van der Waals surface area contributed by atoms with Gasteiger partial charge in [-0.2, -0.15) is 4.99 Å². The molecule has 0 saturated carbocycles. The summed E-state index contributed by atoms with van der Waals surface area (Å²) in [6.07, 6.45) is 9.90. The Balaban J connectivity index is 1.23. The number of piperidine rings is 1. The lowest BCUT2D eigenvalue weighted by Gasteiger charge is -2.40. The van der Waals surface area contributed by atoms with Crippen LogP contribution in [-0.2, 0) is 4.74 Å². The van der Waals surface area contributed by atoms with E-state index in [1.807, 2.05) is 0 Å². The molecule has 0 unspecified atom stereocenters. The van der Waals surface area contributed by atoms with Crippen LogP contribution in [0.5, 0.6) is 0 Å². The molecular weight excluding hydrogens is 426 g/mol. The minimum Gasteiger partial charge on any atom is -0.379 e. The summed E-state index contributed by atoms with van der Waals surface area (Å²) in [5.74, 6) is 0.825. The Morgan fingerprint density at radius 1 is 1.16 bits per heavy atom. The van der Waals surface area contributed by atoms with Crippen LogP contribution in [0.3, 0.4) is 0 Å². The number of hydrogen-bond acceptors (Lipinski definition) is 5. The number of allylic oxidation sites excluding steroid dienone is 3. The van der Waals surface area contributed by atoms with Gasteiger partial charge in [-0.1, -0.05) is 30.0 Å². The molecule has 6 nitrogen and oxygen atoms in total. The minimum atomic E-state index is 0.389. The molecule has 8 heteroatoms. The van der Waals surface area contributed by atoms with Crippen molar-refractivity contribution in [2.45, 2.75) is 25.3 Å². The summed E-state index contributed by atoms with van der Waals surface area (Å²) in [4.78, 5) is 9.37. The summed E-state index contributed by atoms with van der Waals surface area (Å²) in [5.41, 5.74) is 9.48. The summed E-state index contributed by atoms with van der Waals surface area (Å²) in [6.45, 7) is 6.09. The van der Waals surface area contributed by atoms with Crippen molar-refractivity contribution >= 4 is 45.6 Å². The van der Waals surface area contributed by atoms with E-state index in [0.717, 1.165) is 57.3 Å². The van der Waals surface area contributed by atoms with Crippen LogP contribution in [0.25, 0.3) is 0 Å². The van der Waals surface area contributed by atoms with Crippen LogP contribution in [0.1, 0.15) is 19.3 Å². The molecule has 2 fully saturated rings. The number of nitrogens with one attached hydrogen (secondary N) is 1. The van der Waals surface area contributed by atoms with E-state index in [-0.39, 0.29) is 0 Å². The molecule has 166 valence electrons. The van der Waals surface area contributed by atoms with Crippen molar-refractivity contribution in [2.24, 2.45) is 10.7 Å². The number of benzene rings is 1. The zero-order chi connectivity index (χ0) is 21.5. The van der Waals surface area contributed by atoms with Crippen LogP contribution in [0.4, 0.5) is 11.4 Å². The number of morpholine rings is 1. The fourth-order valence-electron chi connectivity index (χ4n) is 4.24. The Morgan fingerprint density at radius 3 is 2.58 bits per heavy atom. The molecule has 1 aliphatic carbocycles. The molecule has 2 heterocycles. The minimum absolute atomic E-state index is 0.389. The summed E-state index contributed by atoms with van der Waals surface area (Å²) in [6, 6.07) is 9.12. The first kappa shape index (κ1) is 22.3. The largest absolute Gasteiger partial charge is 0.379 e. The maximum atomic E-state index is 6.01. The number of rotatable bonds is 5. The van der Waals surface area contributed by atoms with Gasteiger partial charge in [-0.05, 0) is 61.3 Å². The molecule has 4 rings (SSSR count). The lowest BCUT2D eigenvalue weighted by molar-refractivity contribution is 0.0115. The van der Waals surface area contributed by atoms with E-state index in [4.69, 9.17) is 22.7 Å². The summed E-state index contributed by atoms with van der Waals surface area (Å²) in [5, 5.41) is 4.04. The Morgan fingerprint density at radius 2 is 1.90 bits per heavy atom. The highest BCUT2D eigenvalue weighted by atomic mass is 32.2. The van der Waals surface area contributed by atoms with Crippen molar-refractivity contribution in [2.75, 3.05) is 55.4 Å². The molecule has 0 radical (unpaired) electrons. The highest BCUT2D eigenvalue weighted by Gasteiger charge is 2.25. The van der Waals surface area contributed by atoms with E-state index in [0.29, 0.717) is 16.3 Å². The van der Waals surface area contributed by atoms with E-state index < -0.39 is 0 Å². The molecule has 1 aromatic carbocycles. The third kappa shape index (κ3) is 6.55. The van der Waals surface area contributed by atoms with Gasteiger partial charge < -0.3 is 20.7 Å². The van der Waals surface area contributed by atoms with E-state index in [1.165, 1.54) is 35.9 Å². The molecule has 3 aliphatic rings. The average molecular weight is 458 g/mol. The number of nitrogens with zero attached hydrogens (tertiary/aromatic N) is 3. The van der Waals surface area contributed by atoms with Crippen molar-refractivity contribution < 1.29 is 4.74 Å². The fourth-order valence-corrected chi connectivity index (χ4v) is 5.20. The molecular formula is C23H31N5OS2. The number of hydrogen-bond donors (Lipinski definition) is 2. The van der Waals surface area contributed by atoms with Gasteiger partial charge in [0.2, 0.25) is 0 Å². The summed E-state index contributed by atoms with van der Waals surface area (Å²) in [7, 11) is 0. The second-order valence-electron chi connectivity index (χ2n) is 8.00. The van der Waals surface area contributed by atoms with E-state index in [2.05, 4.69) is 62.6 Å². The van der Waals surface area contributed by atoms with Gasteiger partial charge in [0.25, 0.3) is 0 Å². The number of amidine groups is 1. The number of thiocarbonyl (C=S) groups is 1. The molecule has 0 amide bonds. The van der Waals surface area contributed by atoms with Gasteiger partial charge in [0, 0.05) is 49.3 Å². The van der Waals surface area contributed by atoms with Gasteiger partial charge in [0.1, 0.15) is 0 Å². The van der Waals surface area contributed by atoms with Gasteiger partial charge in [-0.25, -0.2) is 0 Å². The van der Waals surface area contributed by atoms with Gasteiger partial charge in [-0.3, -0.25) is 4.90 Å². The smallest absolute Gasteiger partial charge is 0.199 e. The second-order valence-corrected chi connectivity index (χ2v) is 9.38. The lowest BCUT2D eigenvalue weighted by Crippen LogP contribution is -2.49. The predicted octanol–water partition coefficient (Wildman–Crippen LogP) is 3.62. The molecule has 0 atom stereocenters. The Kier molecular flexibility index (Phi) is 8.02. The molecule has 1 aromatic rings. The number of aliphatic imine (C=N–C) groups is 1. The first-order chi connectivity index (χ1) is 15.2. The van der Waals surface area contributed by atoms with E-state index in [9.17, 15) is 0 Å². The monoisotopic (exact) mass is 457 g/mol. The maximum Gasteiger partial charge on any atom is 0.199 e. The Hall–Kier alpha value is -1.87. The average Bonchev–Trinajstić information content (AvgIpc) is 3.33. The number of nitrogens with two attached hydrogens (primary N) is 1. The topological polar surface area (TPSA) is 66.1 Å². The lowest BCUT2D eigenvalue weighted by atomic mass is 10.0. The zero-order valence-corrected chi connectivity index (χ0v) is 19.5. The Bertz CT molecular complexity index is 838. The fraction of sp³-hybridized carbons (Fsp3) is 0.478. The second kappa shape index (κ2) is 11.1. The summed E-state index contributed by atoms with van der Waals surface area (Å²) < 4.78 is 5.49. The highest BCUT2D eigenvalue weighted by Crippen LogP contribution is 2.24. The first-order valence-electron chi connectivity index (χ1n) is 11.0. The van der Waals surface area contributed by atoms with Gasteiger partial charge in [0.15, 0.2) is 10.3 Å². The van der Waals surface area contributed by atoms with E-state index in [1.54, 1.807) is 0 Å². The van der Waals surface area contributed by atoms with Crippen LogP contribution in [0.15, 0.2) is 53.1 Å². The van der Waals surface area contributed by atoms with Crippen molar-refractivity contribution in [3.63, 3.8) is 0 Å². The molecule has 2 saturated heterocycles. The highest BCUT2D eigenvalue weighted by molar-refractivity contribution is 8.14. The quantitative estimate of drug-likeness (QED) is 0.398. The van der Waals surface area contributed by atoms with Crippen LogP contribution in [-0.4, -0.2) is 66.4 Å². The third-order valence-corrected chi connectivity index (χ3v) is 7.01. The van der Waals surface area contributed by atoms with Gasteiger partial charge in [0.05, 0.1) is 13.2 Å². The van der Waals surface area contributed by atoms with Crippen molar-refractivity contribution in [3.05, 3.63) is 48.1 Å². The van der Waals surface area contributed by atoms with Crippen LogP contribution in [0.2, 0.25) is 0 Å². The molecule has 0 spiro atoms. The first-order valence-corrected chi connectivity index (χ1v) is 12.4. The summed E-state index contributed by atoms with van der Waals surface area (Å²) >= 11 is 6.86. The van der Waals surface area contributed by atoms with Crippen LogP contribution < -0.4 is 16.0 Å². The molecule has 2 aliphatic heterocycles. The predicted molar refractivity (Wildman–Crippen MR) is 136 cm³/mol. The normalized spacial score (nSPS) is 20.7. The van der Waals surface area contributed by atoms with Crippen molar-refractivity contribution in [3.8, 4) is 0 Å². The number of ether oxygens (including phenoxy) is 1. The molecule has 3 N–H and O–H groups in total. The van der Waals surface area contributed by atoms with Gasteiger partial charge in [-0.15, -0.1) is 0 Å². The van der Waals surface area contributed by atoms with Gasteiger partial charge >= 0.3 is 0 Å². The third-order valence-electron chi connectivity index (χ3n) is 5.96. The standard InChI is InChI=1S/C23H31N5OS2/c24-22(31-17-18-3-1-2-4-18)26-23(30)25-19-5-7-20(8-6-19)27-11-9-21(10-12-27)28-13-15-29-16-14-28/h1,3-8,21H,2,9-17H2,(H3,24,25,26,30). The zero-order valence-electron chi connectivity index (χ0n) is 17.8. The van der Waals surface area contributed by atoms with Crippen LogP contribution >= 0.6 is 24.0 Å². The maximum absolute atomic E-state index is 6.01. The molecule has 0 aromatic heterocycles. The number of anilines is 2. The van der Waals surface area contributed by atoms with Crippen molar-refractivity contribution in [1.82, 2.24) is 4.90 Å². The molecule has 31 heavy (non-hydrogen) atoms. The molecule has 0 bridgehead atoms. The van der Waals surface area contributed by atoms with E-state index >= 15 is 0 Å². The SMILES string of the molecule is NC(=NC(=S)Nc1ccc(N2CCC(N3CCOCC3)CC2)cc1)SCC1=CCC=C1. The number of thioether (sulfide) groups is 1. The van der Waals surface area contributed by atoms with Crippen molar-refractivity contribution in [1.29, 1.82) is 0 Å². The van der Waals surface area contributed by atoms with Crippen LogP contribution in [0, 0.1) is 0 Å².